The van der Waals surface area contributed by atoms with Crippen molar-refractivity contribution in [2.45, 2.75) is 0 Å². The molecule has 0 aromatic heterocycles. The summed E-state index contributed by atoms with van der Waals surface area (Å²) < 4.78 is 36.7. The minimum absolute atomic E-state index is 0.220. The van der Waals surface area contributed by atoms with E-state index in [-0.39, 0.29) is 5.69 Å². The van der Waals surface area contributed by atoms with Crippen molar-refractivity contribution in [2.75, 3.05) is 19.5 Å². The van der Waals surface area contributed by atoms with Gasteiger partial charge in [-0.1, -0.05) is 0 Å². The lowest BCUT2D eigenvalue weighted by atomic mass is 10.2. The van der Waals surface area contributed by atoms with Crippen molar-refractivity contribution in [1.82, 2.24) is 0 Å². The van der Waals surface area contributed by atoms with Gasteiger partial charge in [0.25, 0.3) is 0 Å². The second kappa shape index (κ2) is 7.40. The summed E-state index contributed by atoms with van der Waals surface area (Å²) in [6.07, 6.45) is 2.72. The zero-order valence-electron chi connectivity index (χ0n) is 12.6. The number of amides is 1. The fourth-order valence-corrected chi connectivity index (χ4v) is 1.87. The molecule has 0 bridgehead atoms. The Balaban J connectivity index is 2.13. The number of carbonyl (C=O) groups is 1. The molecule has 2 rings (SSSR count). The van der Waals surface area contributed by atoms with Gasteiger partial charge in [-0.05, 0) is 35.9 Å². The van der Waals surface area contributed by atoms with Crippen LogP contribution in [0.3, 0.4) is 0 Å². The third-order valence-corrected chi connectivity index (χ3v) is 2.99. The molecule has 120 valence electrons. The molecule has 0 heterocycles. The SMILES string of the molecule is COc1cc(/C=C/C(=O)Nc2cc(F)ccc2F)cc(OC)c1. The van der Waals surface area contributed by atoms with E-state index in [9.17, 15) is 13.6 Å². The highest BCUT2D eigenvalue weighted by Crippen LogP contribution is 2.23. The number of nitrogens with one attached hydrogen (secondary N) is 1. The van der Waals surface area contributed by atoms with Gasteiger partial charge >= 0.3 is 0 Å². The fraction of sp³-hybridized carbons (Fsp3) is 0.118. The van der Waals surface area contributed by atoms with E-state index >= 15 is 0 Å². The van der Waals surface area contributed by atoms with Crippen molar-refractivity contribution in [2.24, 2.45) is 0 Å². The van der Waals surface area contributed by atoms with Crippen molar-refractivity contribution < 1.29 is 23.0 Å². The Bertz CT molecular complexity index is 722. The Hall–Kier alpha value is -2.89. The summed E-state index contributed by atoms with van der Waals surface area (Å²) >= 11 is 0. The molecule has 0 radical (unpaired) electrons. The third-order valence-electron chi connectivity index (χ3n) is 2.99. The molecule has 0 saturated carbocycles. The maximum atomic E-state index is 13.5. The minimum Gasteiger partial charge on any atom is -0.497 e. The van der Waals surface area contributed by atoms with Gasteiger partial charge < -0.3 is 14.8 Å². The number of ether oxygens (including phenoxy) is 2. The lowest BCUT2D eigenvalue weighted by molar-refractivity contribution is -0.111. The molecule has 4 nitrogen and oxygen atoms in total. The van der Waals surface area contributed by atoms with Crippen LogP contribution in [0.15, 0.2) is 42.5 Å². The highest BCUT2D eigenvalue weighted by atomic mass is 19.1. The average molecular weight is 319 g/mol. The lowest BCUT2D eigenvalue weighted by Crippen LogP contribution is -2.09. The monoisotopic (exact) mass is 319 g/mol. The molecule has 0 fully saturated rings. The number of rotatable bonds is 5. The van der Waals surface area contributed by atoms with Crippen LogP contribution >= 0.6 is 0 Å². The fourth-order valence-electron chi connectivity index (χ4n) is 1.87. The molecule has 0 aliphatic rings. The minimum atomic E-state index is -0.712. The number of carbonyl (C=O) groups excluding carboxylic acids is 1. The maximum absolute atomic E-state index is 13.5. The number of hydrogen-bond acceptors (Lipinski definition) is 3. The molecule has 0 aliphatic heterocycles. The highest BCUT2D eigenvalue weighted by molar-refractivity contribution is 6.02. The Morgan fingerprint density at radius 3 is 2.30 bits per heavy atom. The van der Waals surface area contributed by atoms with E-state index in [0.29, 0.717) is 17.1 Å². The van der Waals surface area contributed by atoms with Crippen LogP contribution in [0.4, 0.5) is 14.5 Å². The van der Waals surface area contributed by atoms with Gasteiger partial charge in [-0.3, -0.25) is 4.79 Å². The van der Waals surface area contributed by atoms with Gasteiger partial charge in [-0.15, -0.1) is 0 Å². The number of methoxy groups -OCH3 is 2. The summed E-state index contributed by atoms with van der Waals surface area (Å²) in [6, 6.07) is 7.93. The Morgan fingerprint density at radius 2 is 1.70 bits per heavy atom. The average Bonchev–Trinajstić information content (AvgIpc) is 2.56. The van der Waals surface area contributed by atoms with Gasteiger partial charge in [0.05, 0.1) is 19.9 Å². The van der Waals surface area contributed by atoms with Crippen LogP contribution in [0.2, 0.25) is 0 Å². The summed E-state index contributed by atoms with van der Waals surface area (Å²) in [7, 11) is 3.03. The first-order chi connectivity index (χ1) is 11.0. The first kappa shape index (κ1) is 16.5. The molecular weight excluding hydrogens is 304 g/mol. The summed E-state index contributed by atoms with van der Waals surface area (Å²) in [5.74, 6) is -0.795. The maximum Gasteiger partial charge on any atom is 0.248 e. The second-order valence-electron chi connectivity index (χ2n) is 4.59. The van der Waals surface area contributed by atoms with Gasteiger partial charge in [0.2, 0.25) is 5.91 Å². The van der Waals surface area contributed by atoms with Crippen molar-refractivity contribution >= 4 is 17.7 Å². The predicted molar refractivity (Wildman–Crippen MR) is 83.6 cm³/mol. The van der Waals surface area contributed by atoms with E-state index in [4.69, 9.17) is 9.47 Å². The molecule has 0 saturated heterocycles. The summed E-state index contributed by atoms with van der Waals surface area (Å²) in [6.45, 7) is 0. The largest absolute Gasteiger partial charge is 0.497 e. The van der Waals surface area contributed by atoms with Crippen molar-refractivity contribution in [3.63, 3.8) is 0 Å². The molecule has 23 heavy (non-hydrogen) atoms. The molecule has 0 spiro atoms. The van der Waals surface area contributed by atoms with E-state index in [0.717, 1.165) is 18.2 Å². The topological polar surface area (TPSA) is 47.6 Å². The highest BCUT2D eigenvalue weighted by Gasteiger charge is 2.06. The van der Waals surface area contributed by atoms with Crippen LogP contribution in [0.1, 0.15) is 5.56 Å². The molecule has 0 atom stereocenters. The number of anilines is 1. The Kier molecular flexibility index (Phi) is 5.30. The number of halogens is 2. The van der Waals surface area contributed by atoms with E-state index in [1.807, 2.05) is 0 Å². The smallest absolute Gasteiger partial charge is 0.248 e. The van der Waals surface area contributed by atoms with Crippen molar-refractivity contribution in [3.8, 4) is 11.5 Å². The van der Waals surface area contributed by atoms with Crippen LogP contribution in [0.25, 0.3) is 6.08 Å². The first-order valence-corrected chi connectivity index (χ1v) is 6.69. The van der Waals surface area contributed by atoms with Crippen LogP contribution in [-0.4, -0.2) is 20.1 Å². The third kappa shape index (κ3) is 4.54. The van der Waals surface area contributed by atoms with E-state index in [1.54, 1.807) is 18.2 Å². The molecule has 0 unspecified atom stereocenters. The van der Waals surface area contributed by atoms with Gasteiger partial charge in [0.1, 0.15) is 23.1 Å². The molecule has 0 aliphatic carbocycles. The quantitative estimate of drug-likeness (QED) is 0.856. The molecule has 6 heteroatoms. The Labute approximate surface area is 132 Å². The molecule has 1 N–H and O–H groups in total. The first-order valence-electron chi connectivity index (χ1n) is 6.69. The number of benzene rings is 2. The van der Waals surface area contributed by atoms with E-state index in [1.165, 1.54) is 26.4 Å². The molecule has 2 aromatic carbocycles. The molecule has 1 amide bonds. The molecule has 2 aromatic rings. The number of hydrogen-bond donors (Lipinski definition) is 1. The summed E-state index contributed by atoms with van der Waals surface area (Å²) in [4.78, 5) is 11.8. The van der Waals surface area contributed by atoms with Crippen LogP contribution in [-0.2, 0) is 4.79 Å². The summed E-state index contributed by atoms with van der Waals surface area (Å²) in [5, 5.41) is 2.28. The van der Waals surface area contributed by atoms with Crippen LogP contribution < -0.4 is 14.8 Å². The lowest BCUT2D eigenvalue weighted by Gasteiger charge is -2.06. The normalized spacial score (nSPS) is 10.6. The standard InChI is InChI=1S/C17H15F2NO3/c1-22-13-7-11(8-14(10-13)23-2)3-6-17(21)20-16-9-12(18)4-5-15(16)19/h3-10H,1-2H3,(H,20,21)/b6-3+. The van der Waals surface area contributed by atoms with Gasteiger partial charge in [-0.25, -0.2) is 8.78 Å². The summed E-state index contributed by atoms with van der Waals surface area (Å²) in [5.41, 5.74) is 0.443. The van der Waals surface area contributed by atoms with Crippen LogP contribution in [0, 0.1) is 11.6 Å². The van der Waals surface area contributed by atoms with E-state index in [2.05, 4.69) is 5.32 Å². The van der Waals surface area contributed by atoms with Gasteiger partial charge in [-0.2, -0.15) is 0 Å². The Morgan fingerprint density at radius 1 is 1.04 bits per heavy atom. The van der Waals surface area contributed by atoms with Crippen LogP contribution in [0.5, 0.6) is 11.5 Å². The zero-order chi connectivity index (χ0) is 16.8. The van der Waals surface area contributed by atoms with Gasteiger partial charge in [0, 0.05) is 18.2 Å². The van der Waals surface area contributed by atoms with E-state index < -0.39 is 17.5 Å². The molecular formula is C17H15F2NO3. The predicted octanol–water partition coefficient (Wildman–Crippen LogP) is 3.63. The van der Waals surface area contributed by atoms with Gasteiger partial charge in [0.15, 0.2) is 0 Å². The van der Waals surface area contributed by atoms with Crippen molar-refractivity contribution in [3.05, 3.63) is 59.7 Å². The second-order valence-corrected chi connectivity index (χ2v) is 4.59. The van der Waals surface area contributed by atoms with Crippen molar-refractivity contribution in [1.29, 1.82) is 0 Å². The zero-order valence-corrected chi connectivity index (χ0v) is 12.6.